The predicted molar refractivity (Wildman–Crippen MR) is 96.2 cm³/mol. The molecule has 126 valence electrons. The molecule has 0 N–H and O–H groups in total. The molecule has 1 aromatic carbocycles. The van der Waals surface area contributed by atoms with Crippen LogP contribution in [0.25, 0.3) is 0 Å². The van der Waals surface area contributed by atoms with E-state index in [2.05, 4.69) is 21.8 Å². The zero-order valence-corrected chi connectivity index (χ0v) is 14.4. The summed E-state index contributed by atoms with van der Waals surface area (Å²) in [6.45, 7) is 4.63. The molecular formula is C19H24N4O. The second-order valence-electron chi connectivity index (χ2n) is 6.34. The lowest BCUT2D eigenvalue weighted by Crippen LogP contribution is -2.44. The smallest absolute Gasteiger partial charge is 0.272 e. The summed E-state index contributed by atoms with van der Waals surface area (Å²) < 4.78 is 0. The molecule has 0 spiro atoms. The van der Waals surface area contributed by atoms with E-state index >= 15 is 0 Å². The molecule has 3 rings (SSSR count). The largest absolute Gasteiger partial charge is 0.369 e. The molecule has 5 nitrogen and oxygen atoms in total. The quantitative estimate of drug-likeness (QED) is 0.863. The first kappa shape index (κ1) is 16.5. The summed E-state index contributed by atoms with van der Waals surface area (Å²) in [4.78, 5) is 23.3. The highest BCUT2D eigenvalue weighted by atomic mass is 16.2. The Labute approximate surface area is 143 Å². The molecule has 0 atom stereocenters. The number of amides is 1. The van der Waals surface area contributed by atoms with E-state index in [1.54, 1.807) is 11.1 Å². The number of carbonyl (C=O) groups excluding carboxylic acids is 1. The Kier molecular flexibility index (Phi) is 5.11. The number of piperazine rings is 1. The Morgan fingerprint density at radius 3 is 2.54 bits per heavy atom. The summed E-state index contributed by atoms with van der Waals surface area (Å²) in [5.41, 5.74) is 2.70. The zero-order valence-electron chi connectivity index (χ0n) is 14.4. The van der Waals surface area contributed by atoms with Gasteiger partial charge < -0.3 is 14.7 Å². The number of hydrogen-bond acceptors (Lipinski definition) is 4. The molecule has 1 aliphatic rings. The van der Waals surface area contributed by atoms with Crippen LogP contribution >= 0.6 is 0 Å². The fourth-order valence-electron chi connectivity index (χ4n) is 2.92. The van der Waals surface area contributed by atoms with Crippen molar-refractivity contribution in [1.82, 2.24) is 14.8 Å². The van der Waals surface area contributed by atoms with E-state index in [-0.39, 0.29) is 5.91 Å². The highest BCUT2D eigenvalue weighted by Crippen LogP contribution is 2.17. The van der Waals surface area contributed by atoms with E-state index < -0.39 is 0 Å². The Morgan fingerprint density at radius 2 is 1.83 bits per heavy atom. The molecule has 0 saturated carbocycles. The van der Waals surface area contributed by atoms with E-state index in [0.717, 1.165) is 37.4 Å². The first-order valence-electron chi connectivity index (χ1n) is 8.32. The lowest BCUT2D eigenvalue weighted by molar-refractivity contribution is 0.0779. The molecule has 0 unspecified atom stereocenters. The Hall–Kier alpha value is -2.40. The number of carbonyl (C=O) groups is 1. The van der Waals surface area contributed by atoms with Crippen LogP contribution in [-0.2, 0) is 6.54 Å². The summed E-state index contributed by atoms with van der Waals surface area (Å²) in [6.07, 6.45) is 1.73. The van der Waals surface area contributed by atoms with Gasteiger partial charge in [0.2, 0.25) is 0 Å². The average molecular weight is 324 g/mol. The maximum Gasteiger partial charge on any atom is 0.272 e. The fraction of sp³-hybridized carbons (Fsp3) is 0.368. The minimum atomic E-state index is -0.0465. The second-order valence-corrected chi connectivity index (χ2v) is 6.34. The minimum Gasteiger partial charge on any atom is -0.369 e. The molecule has 1 saturated heterocycles. The summed E-state index contributed by atoms with van der Waals surface area (Å²) in [6, 6.07) is 13.9. The van der Waals surface area contributed by atoms with Crippen molar-refractivity contribution >= 4 is 11.6 Å². The molecule has 2 aromatic rings. The van der Waals surface area contributed by atoms with Crippen LogP contribution in [-0.4, -0.2) is 61.0 Å². The van der Waals surface area contributed by atoms with Crippen molar-refractivity contribution < 1.29 is 4.79 Å². The first-order chi connectivity index (χ1) is 11.6. The summed E-state index contributed by atoms with van der Waals surface area (Å²) in [7, 11) is 3.96. The van der Waals surface area contributed by atoms with Crippen molar-refractivity contribution in [3.05, 3.63) is 59.9 Å². The van der Waals surface area contributed by atoms with Gasteiger partial charge in [0.05, 0.1) is 0 Å². The Morgan fingerprint density at radius 1 is 1.12 bits per heavy atom. The first-order valence-corrected chi connectivity index (χ1v) is 8.32. The van der Waals surface area contributed by atoms with Crippen molar-refractivity contribution in [2.75, 3.05) is 45.2 Å². The Balaban J connectivity index is 1.69. The van der Waals surface area contributed by atoms with Crippen LogP contribution in [0.5, 0.6) is 0 Å². The third kappa shape index (κ3) is 3.92. The second kappa shape index (κ2) is 7.45. The number of benzene rings is 1. The minimum absolute atomic E-state index is 0.0465. The molecule has 1 aliphatic heterocycles. The third-order valence-electron chi connectivity index (χ3n) is 4.44. The van der Waals surface area contributed by atoms with Gasteiger partial charge in [-0.05, 0) is 24.7 Å². The summed E-state index contributed by atoms with van der Waals surface area (Å²) in [5, 5.41) is 0. The molecule has 1 fully saturated rings. The van der Waals surface area contributed by atoms with Crippen LogP contribution in [0.3, 0.4) is 0 Å². The predicted octanol–water partition coefficient (Wildman–Crippen LogP) is 2.11. The highest BCUT2D eigenvalue weighted by molar-refractivity contribution is 5.93. The van der Waals surface area contributed by atoms with Gasteiger partial charge in [-0.15, -0.1) is 0 Å². The average Bonchev–Trinajstić information content (AvgIpc) is 2.62. The fourth-order valence-corrected chi connectivity index (χ4v) is 2.92. The van der Waals surface area contributed by atoms with Crippen molar-refractivity contribution in [2.45, 2.75) is 6.54 Å². The molecule has 24 heavy (non-hydrogen) atoms. The number of anilines is 1. The standard InChI is InChI=1S/C19H24N4O/c1-21-10-12-23(13-11-21)17-8-9-20-18(14-17)19(24)22(2)15-16-6-4-3-5-7-16/h3-9,14H,10-13,15H2,1-2H3. The highest BCUT2D eigenvalue weighted by Gasteiger charge is 2.18. The van der Waals surface area contributed by atoms with Gasteiger partial charge in [-0.25, -0.2) is 0 Å². The maximum atomic E-state index is 12.7. The zero-order chi connectivity index (χ0) is 16.9. The number of hydrogen-bond donors (Lipinski definition) is 0. The van der Waals surface area contributed by atoms with Crippen molar-refractivity contribution in [2.24, 2.45) is 0 Å². The van der Waals surface area contributed by atoms with Crippen molar-refractivity contribution in [3.8, 4) is 0 Å². The van der Waals surface area contributed by atoms with Gasteiger partial charge in [0, 0.05) is 51.7 Å². The number of likely N-dealkylation sites (N-methyl/N-ethyl adjacent to an activating group) is 1. The lowest BCUT2D eigenvalue weighted by Gasteiger charge is -2.34. The summed E-state index contributed by atoms with van der Waals surface area (Å²) in [5.74, 6) is -0.0465. The SMILES string of the molecule is CN1CCN(c2ccnc(C(=O)N(C)Cc3ccccc3)c2)CC1. The molecule has 1 aromatic heterocycles. The van der Waals surface area contributed by atoms with Crippen molar-refractivity contribution in [3.63, 3.8) is 0 Å². The monoisotopic (exact) mass is 324 g/mol. The lowest BCUT2D eigenvalue weighted by atomic mass is 10.2. The van der Waals surface area contributed by atoms with Gasteiger partial charge in [0.15, 0.2) is 0 Å². The molecule has 0 radical (unpaired) electrons. The normalized spacial score (nSPS) is 15.3. The molecule has 1 amide bonds. The van der Waals surface area contributed by atoms with Crippen molar-refractivity contribution in [1.29, 1.82) is 0 Å². The van der Waals surface area contributed by atoms with Crippen LogP contribution in [0.2, 0.25) is 0 Å². The van der Waals surface area contributed by atoms with Crippen LogP contribution in [0.15, 0.2) is 48.7 Å². The number of pyridine rings is 1. The van der Waals surface area contributed by atoms with Gasteiger partial charge in [-0.2, -0.15) is 0 Å². The Bertz CT molecular complexity index is 681. The van der Waals surface area contributed by atoms with Gasteiger partial charge in [0.1, 0.15) is 5.69 Å². The van der Waals surface area contributed by atoms with E-state index in [1.807, 2.05) is 49.5 Å². The van der Waals surface area contributed by atoms with Crippen LogP contribution in [0.1, 0.15) is 16.1 Å². The van der Waals surface area contributed by atoms with Gasteiger partial charge in [-0.1, -0.05) is 30.3 Å². The topological polar surface area (TPSA) is 39.7 Å². The van der Waals surface area contributed by atoms with Gasteiger partial charge in [-0.3, -0.25) is 9.78 Å². The maximum absolute atomic E-state index is 12.7. The van der Waals surface area contributed by atoms with Crippen LogP contribution in [0.4, 0.5) is 5.69 Å². The molecule has 0 bridgehead atoms. The van der Waals surface area contributed by atoms with Gasteiger partial charge in [0.25, 0.3) is 5.91 Å². The van der Waals surface area contributed by atoms with Crippen LogP contribution in [0, 0.1) is 0 Å². The molecule has 5 heteroatoms. The van der Waals surface area contributed by atoms with E-state index in [9.17, 15) is 4.79 Å². The summed E-state index contributed by atoms with van der Waals surface area (Å²) >= 11 is 0. The van der Waals surface area contributed by atoms with E-state index in [1.165, 1.54) is 0 Å². The van der Waals surface area contributed by atoms with Gasteiger partial charge >= 0.3 is 0 Å². The number of rotatable bonds is 4. The molecule has 2 heterocycles. The van der Waals surface area contributed by atoms with E-state index in [0.29, 0.717) is 12.2 Å². The third-order valence-corrected chi connectivity index (χ3v) is 4.44. The molecular weight excluding hydrogens is 300 g/mol. The molecule has 0 aliphatic carbocycles. The number of aromatic nitrogens is 1. The van der Waals surface area contributed by atoms with E-state index in [4.69, 9.17) is 0 Å². The number of nitrogens with zero attached hydrogens (tertiary/aromatic N) is 4. The van der Waals surface area contributed by atoms with Crippen LogP contribution < -0.4 is 4.90 Å².